The second kappa shape index (κ2) is 10.6. The third-order valence-electron chi connectivity index (χ3n) is 4.60. The second-order valence-electron chi connectivity index (χ2n) is 7.24. The van der Waals surface area contributed by atoms with Crippen molar-refractivity contribution < 1.29 is 18.8 Å². The number of nitrogens with zero attached hydrogens (tertiary/aromatic N) is 3. The molecular weight excluding hydrogens is 350 g/mol. The molecule has 2 rings (SSSR count). The summed E-state index contributed by atoms with van der Waals surface area (Å²) in [6.45, 7) is 7.00. The van der Waals surface area contributed by atoms with Crippen LogP contribution in [0.2, 0.25) is 0 Å². The van der Waals surface area contributed by atoms with Crippen LogP contribution in [0.15, 0.2) is 6.08 Å². The van der Waals surface area contributed by atoms with Crippen molar-refractivity contribution in [1.82, 2.24) is 8.75 Å². The van der Waals surface area contributed by atoms with Gasteiger partial charge in [-0.15, -0.1) is 4.37 Å². The minimum Gasteiger partial charge on any atom is -0.475 e. The first-order valence-corrected chi connectivity index (χ1v) is 10.4. The average Bonchev–Trinajstić information content (AvgIpc) is 3.09. The van der Waals surface area contributed by atoms with Crippen molar-refractivity contribution in [3.63, 3.8) is 0 Å². The first-order valence-electron chi connectivity index (χ1n) is 9.72. The normalized spacial score (nSPS) is 19.9. The number of carbonyl (C=O) groups is 1. The van der Waals surface area contributed by atoms with Crippen LogP contribution >= 0.6 is 11.7 Å². The van der Waals surface area contributed by atoms with Gasteiger partial charge in [0, 0.05) is 18.4 Å². The second-order valence-corrected chi connectivity index (χ2v) is 7.77. The summed E-state index contributed by atoms with van der Waals surface area (Å²) in [6.07, 6.45) is 9.14. The molecule has 6 nitrogen and oxygen atoms in total. The fraction of sp³-hybridized carbons (Fsp3) is 0.737. The molecule has 0 amide bonds. The van der Waals surface area contributed by atoms with Crippen molar-refractivity contribution in [2.45, 2.75) is 58.8 Å². The van der Waals surface area contributed by atoms with Gasteiger partial charge < -0.3 is 9.47 Å². The number of esters is 1. The Hall–Kier alpha value is -1.47. The van der Waals surface area contributed by atoms with Crippen LogP contribution < -0.4 is 4.74 Å². The molecule has 0 fully saturated rings. The van der Waals surface area contributed by atoms with Crippen molar-refractivity contribution in [2.24, 2.45) is 0 Å². The molecule has 1 aromatic rings. The summed E-state index contributed by atoms with van der Waals surface area (Å²) in [5.74, 6) is 0.531. The summed E-state index contributed by atoms with van der Waals surface area (Å²) in [7, 11) is 2.12. The molecule has 1 aliphatic rings. The molecule has 1 unspecified atom stereocenters. The van der Waals surface area contributed by atoms with Crippen LogP contribution in [0.1, 0.15) is 64.5 Å². The maximum absolute atomic E-state index is 11.7. The highest BCUT2D eigenvalue weighted by molar-refractivity contribution is 6.99. The lowest BCUT2D eigenvalue weighted by Crippen LogP contribution is -2.49. The summed E-state index contributed by atoms with van der Waals surface area (Å²) in [6, 6.07) is 0. The fourth-order valence-electron chi connectivity index (χ4n) is 3.06. The highest BCUT2D eigenvalue weighted by atomic mass is 32.1. The lowest BCUT2D eigenvalue weighted by Gasteiger charge is -2.36. The van der Waals surface area contributed by atoms with Crippen molar-refractivity contribution in [3.8, 4) is 5.88 Å². The van der Waals surface area contributed by atoms with E-state index in [0.717, 1.165) is 43.6 Å². The number of likely N-dealkylation sites (N-methyl/N-ethyl adjacent to an activating group) is 1. The van der Waals surface area contributed by atoms with Gasteiger partial charge in [-0.2, -0.15) is 4.37 Å². The molecule has 0 bridgehead atoms. The highest BCUT2D eigenvalue weighted by Gasteiger charge is 2.31. The van der Waals surface area contributed by atoms with Crippen molar-refractivity contribution in [1.29, 1.82) is 0 Å². The summed E-state index contributed by atoms with van der Waals surface area (Å²) < 4.78 is 20.8. The first kappa shape index (κ1) is 20.8. The predicted octanol–water partition coefficient (Wildman–Crippen LogP) is 4.03. The fourth-order valence-corrected chi connectivity index (χ4v) is 3.59. The molecule has 0 spiro atoms. The third-order valence-corrected chi connectivity index (χ3v) is 5.11. The lowest BCUT2D eigenvalue weighted by atomic mass is 10.1. The van der Waals surface area contributed by atoms with Crippen LogP contribution in [0.25, 0.3) is 5.57 Å². The monoisotopic (exact) mass is 382 g/mol. The smallest absolute Gasteiger partial charge is 0.310 e. The van der Waals surface area contributed by atoms with Crippen LogP contribution in [0.5, 0.6) is 5.88 Å². The maximum atomic E-state index is 11.7. The molecule has 0 saturated heterocycles. The van der Waals surface area contributed by atoms with Gasteiger partial charge >= 0.3 is 5.97 Å². The van der Waals surface area contributed by atoms with E-state index in [1.807, 2.05) is 6.92 Å². The van der Waals surface area contributed by atoms with Crippen LogP contribution in [0.4, 0.5) is 0 Å². The SMILES string of the molecule is CCCCCCOc1nsnc1C1=CCC[N+](C)(COC(=O)CCC)C1. The van der Waals surface area contributed by atoms with Gasteiger partial charge in [-0.3, -0.25) is 9.28 Å². The van der Waals surface area contributed by atoms with E-state index in [0.29, 0.717) is 30.1 Å². The zero-order chi connectivity index (χ0) is 18.8. The van der Waals surface area contributed by atoms with E-state index in [4.69, 9.17) is 9.47 Å². The molecule has 7 heteroatoms. The van der Waals surface area contributed by atoms with Gasteiger partial charge in [0.15, 0.2) is 0 Å². The van der Waals surface area contributed by atoms with E-state index in [2.05, 4.69) is 28.8 Å². The van der Waals surface area contributed by atoms with E-state index in [1.54, 1.807) is 0 Å². The van der Waals surface area contributed by atoms with E-state index in [1.165, 1.54) is 31.0 Å². The number of rotatable bonds is 11. The van der Waals surface area contributed by atoms with E-state index in [-0.39, 0.29) is 5.97 Å². The molecule has 146 valence electrons. The molecule has 1 aromatic heterocycles. The number of ether oxygens (including phenoxy) is 2. The Morgan fingerprint density at radius 3 is 2.85 bits per heavy atom. The minimum atomic E-state index is -0.116. The summed E-state index contributed by atoms with van der Waals surface area (Å²) in [4.78, 5) is 11.7. The Bertz CT molecular complexity index is 603. The molecule has 0 radical (unpaired) electrons. The molecule has 0 N–H and O–H groups in total. The van der Waals surface area contributed by atoms with Crippen molar-refractivity contribution >= 4 is 23.3 Å². The zero-order valence-electron chi connectivity index (χ0n) is 16.3. The number of hydrogen-bond acceptors (Lipinski definition) is 6. The molecule has 1 atom stereocenters. The Labute approximate surface area is 161 Å². The Morgan fingerprint density at radius 2 is 2.08 bits per heavy atom. The number of hydrogen-bond donors (Lipinski definition) is 0. The van der Waals surface area contributed by atoms with Crippen molar-refractivity contribution in [2.75, 3.05) is 33.5 Å². The predicted molar refractivity (Wildman–Crippen MR) is 104 cm³/mol. The molecule has 0 aliphatic carbocycles. The maximum Gasteiger partial charge on any atom is 0.310 e. The molecule has 2 heterocycles. The van der Waals surface area contributed by atoms with Crippen LogP contribution in [0, 0.1) is 0 Å². The van der Waals surface area contributed by atoms with Gasteiger partial charge in [-0.25, -0.2) is 0 Å². The van der Waals surface area contributed by atoms with Gasteiger partial charge in [0.25, 0.3) is 5.88 Å². The van der Waals surface area contributed by atoms with Crippen LogP contribution in [-0.4, -0.2) is 52.7 Å². The van der Waals surface area contributed by atoms with Gasteiger partial charge in [0.05, 0.1) is 31.9 Å². The molecule has 0 saturated carbocycles. The Balaban J connectivity index is 1.91. The minimum absolute atomic E-state index is 0.116. The number of quaternary nitrogens is 1. The zero-order valence-corrected chi connectivity index (χ0v) is 17.1. The third kappa shape index (κ3) is 6.36. The highest BCUT2D eigenvalue weighted by Crippen LogP contribution is 2.30. The van der Waals surface area contributed by atoms with Gasteiger partial charge in [-0.1, -0.05) is 39.2 Å². The molecule has 1 aliphatic heterocycles. The van der Waals surface area contributed by atoms with Crippen LogP contribution in [0.3, 0.4) is 0 Å². The topological polar surface area (TPSA) is 61.3 Å². The number of unbranched alkanes of at least 4 members (excludes halogenated alkanes) is 3. The van der Waals surface area contributed by atoms with Crippen molar-refractivity contribution in [3.05, 3.63) is 11.8 Å². The largest absolute Gasteiger partial charge is 0.475 e. The van der Waals surface area contributed by atoms with E-state index in [9.17, 15) is 4.79 Å². The molecule has 26 heavy (non-hydrogen) atoms. The van der Waals surface area contributed by atoms with Gasteiger partial charge in [0.1, 0.15) is 12.2 Å². The average molecular weight is 383 g/mol. The quantitative estimate of drug-likeness (QED) is 0.328. The van der Waals surface area contributed by atoms with E-state index >= 15 is 0 Å². The number of aromatic nitrogens is 2. The van der Waals surface area contributed by atoms with E-state index < -0.39 is 0 Å². The van der Waals surface area contributed by atoms with Crippen LogP contribution in [-0.2, 0) is 9.53 Å². The van der Waals surface area contributed by atoms with Gasteiger partial charge in [0.2, 0.25) is 6.73 Å². The summed E-state index contributed by atoms with van der Waals surface area (Å²) in [5.41, 5.74) is 2.00. The Kier molecular flexibility index (Phi) is 8.51. The lowest BCUT2D eigenvalue weighted by molar-refractivity contribution is -0.919. The molecular formula is C19H32N3O3S+. The standard InChI is InChI=1S/C19H32N3O3S/c1-4-6-7-8-13-24-19-18(20-26-21-19)16-11-9-12-22(3,14-16)15-25-17(23)10-5-2/h11H,4-10,12-15H2,1-3H3/q+1. The molecule has 0 aromatic carbocycles. The first-order chi connectivity index (χ1) is 12.6. The summed E-state index contributed by atoms with van der Waals surface area (Å²) in [5, 5.41) is 0. The van der Waals surface area contributed by atoms with Gasteiger partial charge in [-0.05, 0) is 12.8 Å². The Morgan fingerprint density at radius 1 is 1.23 bits per heavy atom. The number of carbonyl (C=O) groups excluding carboxylic acids is 1. The summed E-state index contributed by atoms with van der Waals surface area (Å²) >= 11 is 1.20.